The number of rotatable bonds is 3. The minimum Gasteiger partial charge on any atom is -0.290 e. The first-order chi connectivity index (χ1) is 13.0. The molecule has 0 saturated heterocycles. The Labute approximate surface area is 158 Å². The third-order valence-corrected chi connectivity index (χ3v) is 4.83. The van der Waals surface area contributed by atoms with Crippen LogP contribution in [0.4, 0.5) is 0 Å². The topological polar surface area (TPSA) is 37.8 Å². The summed E-state index contributed by atoms with van der Waals surface area (Å²) in [4.78, 5) is 13.4. The normalized spacial score (nSPS) is 10.9. The second-order valence-electron chi connectivity index (χ2n) is 7.07. The SMILES string of the molecule is Cc1ccc(-c2c(-c3cccc(C)c3)[nH]n(-c3ccc(C)cc3)c2=O)cc1. The Kier molecular flexibility index (Phi) is 4.28. The van der Waals surface area contributed by atoms with Gasteiger partial charge in [0.1, 0.15) is 0 Å². The first-order valence-electron chi connectivity index (χ1n) is 9.09. The van der Waals surface area contributed by atoms with Crippen molar-refractivity contribution in [3.8, 4) is 28.1 Å². The van der Waals surface area contributed by atoms with Gasteiger partial charge in [-0.3, -0.25) is 9.89 Å². The molecule has 0 fully saturated rings. The molecule has 1 aromatic heterocycles. The number of hydrogen-bond donors (Lipinski definition) is 1. The molecule has 0 saturated carbocycles. The second-order valence-corrected chi connectivity index (χ2v) is 7.07. The van der Waals surface area contributed by atoms with Crippen LogP contribution in [0.3, 0.4) is 0 Å². The minimum absolute atomic E-state index is 0.0424. The van der Waals surface area contributed by atoms with Gasteiger partial charge in [0.2, 0.25) is 0 Å². The molecule has 0 bridgehead atoms. The van der Waals surface area contributed by atoms with Gasteiger partial charge in [0.15, 0.2) is 0 Å². The van der Waals surface area contributed by atoms with Crippen LogP contribution in [-0.2, 0) is 0 Å². The average Bonchev–Trinajstić information content (AvgIpc) is 3.00. The van der Waals surface area contributed by atoms with Crippen molar-refractivity contribution in [1.29, 1.82) is 0 Å². The molecule has 0 amide bonds. The molecule has 0 aliphatic heterocycles. The molecule has 3 heteroatoms. The summed E-state index contributed by atoms with van der Waals surface area (Å²) in [5, 5.41) is 3.35. The first kappa shape index (κ1) is 17.1. The maximum atomic E-state index is 13.4. The molecule has 3 aromatic carbocycles. The lowest BCUT2D eigenvalue weighted by atomic mass is 10.00. The van der Waals surface area contributed by atoms with E-state index in [1.807, 2.05) is 74.5 Å². The van der Waals surface area contributed by atoms with Crippen LogP contribution in [-0.4, -0.2) is 9.78 Å². The van der Waals surface area contributed by atoms with Crippen molar-refractivity contribution in [1.82, 2.24) is 9.78 Å². The zero-order valence-electron chi connectivity index (χ0n) is 15.8. The van der Waals surface area contributed by atoms with E-state index in [4.69, 9.17) is 0 Å². The molecule has 27 heavy (non-hydrogen) atoms. The molecular formula is C24H22N2O. The molecule has 0 spiro atoms. The van der Waals surface area contributed by atoms with Crippen molar-refractivity contribution in [2.24, 2.45) is 0 Å². The summed E-state index contributed by atoms with van der Waals surface area (Å²) in [6.45, 7) is 6.15. The highest BCUT2D eigenvalue weighted by Gasteiger charge is 2.18. The summed E-state index contributed by atoms with van der Waals surface area (Å²) < 4.78 is 1.63. The highest BCUT2D eigenvalue weighted by molar-refractivity contribution is 5.81. The fraction of sp³-hybridized carbons (Fsp3) is 0.125. The summed E-state index contributed by atoms with van der Waals surface area (Å²) in [5.74, 6) is 0. The Morgan fingerprint density at radius 1 is 0.704 bits per heavy atom. The molecule has 0 aliphatic rings. The number of hydrogen-bond acceptors (Lipinski definition) is 1. The quantitative estimate of drug-likeness (QED) is 0.524. The summed E-state index contributed by atoms with van der Waals surface area (Å²) in [5.41, 5.74) is 7.75. The van der Waals surface area contributed by atoms with Gasteiger partial charge in [-0.25, -0.2) is 4.68 Å². The van der Waals surface area contributed by atoms with Crippen LogP contribution < -0.4 is 5.56 Å². The summed E-state index contributed by atoms with van der Waals surface area (Å²) >= 11 is 0. The Hall–Kier alpha value is -3.33. The minimum atomic E-state index is -0.0424. The van der Waals surface area contributed by atoms with E-state index in [1.54, 1.807) is 4.68 Å². The molecule has 3 nitrogen and oxygen atoms in total. The van der Waals surface area contributed by atoms with Crippen LogP contribution in [0.15, 0.2) is 77.6 Å². The second kappa shape index (κ2) is 6.76. The summed E-state index contributed by atoms with van der Waals surface area (Å²) in [7, 11) is 0. The molecular weight excluding hydrogens is 332 g/mol. The number of nitrogens with zero attached hydrogens (tertiary/aromatic N) is 1. The van der Waals surface area contributed by atoms with Crippen molar-refractivity contribution in [2.75, 3.05) is 0 Å². The van der Waals surface area contributed by atoms with E-state index in [2.05, 4.69) is 24.2 Å². The highest BCUT2D eigenvalue weighted by atomic mass is 16.1. The van der Waals surface area contributed by atoms with Gasteiger partial charge in [0.05, 0.1) is 16.9 Å². The van der Waals surface area contributed by atoms with Gasteiger partial charge in [-0.05, 0) is 44.5 Å². The van der Waals surface area contributed by atoms with Crippen molar-refractivity contribution in [3.05, 3.63) is 99.8 Å². The maximum absolute atomic E-state index is 13.4. The number of benzene rings is 3. The first-order valence-corrected chi connectivity index (χ1v) is 9.09. The zero-order chi connectivity index (χ0) is 19.0. The Morgan fingerprint density at radius 3 is 1.96 bits per heavy atom. The Bertz CT molecular complexity index is 1150. The molecule has 4 rings (SSSR count). The molecule has 1 N–H and O–H groups in total. The van der Waals surface area contributed by atoms with Crippen LogP contribution in [0.5, 0.6) is 0 Å². The van der Waals surface area contributed by atoms with E-state index < -0.39 is 0 Å². The van der Waals surface area contributed by atoms with Crippen molar-refractivity contribution >= 4 is 0 Å². The Morgan fingerprint density at radius 2 is 1.33 bits per heavy atom. The molecule has 1 heterocycles. The van der Waals surface area contributed by atoms with Crippen LogP contribution >= 0.6 is 0 Å². The molecule has 0 radical (unpaired) electrons. The van der Waals surface area contributed by atoms with Gasteiger partial charge < -0.3 is 0 Å². The molecule has 0 atom stereocenters. The monoisotopic (exact) mass is 354 g/mol. The zero-order valence-corrected chi connectivity index (χ0v) is 15.8. The number of nitrogens with one attached hydrogen (secondary N) is 1. The smallest absolute Gasteiger partial charge is 0.279 e. The van der Waals surface area contributed by atoms with E-state index in [-0.39, 0.29) is 5.56 Å². The molecule has 0 unspecified atom stereocenters. The van der Waals surface area contributed by atoms with Crippen LogP contribution in [0.1, 0.15) is 16.7 Å². The van der Waals surface area contributed by atoms with Gasteiger partial charge in [-0.1, -0.05) is 71.3 Å². The third-order valence-electron chi connectivity index (χ3n) is 4.83. The third kappa shape index (κ3) is 3.24. The molecule has 0 aliphatic carbocycles. The van der Waals surface area contributed by atoms with Crippen LogP contribution in [0.25, 0.3) is 28.1 Å². The Balaban J connectivity index is 1.98. The number of aromatic nitrogens is 2. The molecule has 4 aromatic rings. The predicted molar refractivity (Wildman–Crippen MR) is 111 cm³/mol. The average molecular weight is 354 g/mol. The summed E-state index contributed by atoms with van der Waals surface area (Å²) in [6, 6.07) is 24.3. The van der Waals surface area contributed by atoms with E-state index in [9.17, 15) is 4.79 Å². The number of aryl methyl sites for hydroxylation is 3. The van der Waals surface area contributed by atoms with Crippen molar-refractivity contribution in [2.45, 2.75) is 20.8 Å². The number of H-pyrrole nitrogens is 1. The van der Waals surface area contributed by atoms with Crippen LogP contribution in [0, 0.1) is 20.8 Å². The summed E-state index contributed by atoms with van der Waals surface area (Å²) in [6.07, 6.45) is 0. The van der Waals surface area contributed by atoms with Gasteiger partial charge in [-0.2, -0.15) is 0 Å². The maximum Gasteiger partial charge on any atom is 0.279 e. The standard InChI is InChI=1S/C24H22N2O/c1-16-7-11-19(12-8-16)22-23(20-6-4-5-18(3)15-20)25-26(24(22)27)21-13-9-17(2)10-14-21/h4-15,25H,1-3H3. The molecule has 134 valence electrons. The van der Waals surface area contributed by atoms with E-state index in [1.165, 1.54) is 5.56 Å². The van der Waals surface area contributed by atoms with Crippen LogP contribution in [0.2, 0.25) is 0 Å². The van der Waals surface area contributed by atoms with Gasteiger partial charge in [-0.15, -0.1) is 0 Å². The fourth-order valence-corrected chi connectivity index (χ4v) is 3.31. The largest absolute Gasteiger partial charge is 0.290 e. The predicted octanol–water partition coefficient (Wildman–Crippen LogP) is 5.42. The number of aromatic amines is 1. The van der Waals surface area contributed by atoms with Gasteiger partial charge in [0.25, 0.3) is 5.56 Å². The lowest BCUT2D eigenvalue weighted by Gasteiger charge is -2.05. The lowest BCUT2D eigenvalue weighted by Crippen LogP contribution is -2.15. The van der Waals surface area contributed by atoms with Gasteiger partial charge in [0, 0.05) is 5.56 Å². The van der Waals surface area contributed by atoms with Crippen molar-refractivity contribution in [3.63, 3.8) is 0 Å². The van der Waals surface area contributed by atoms with Crippen molar-refractivity contribution < 1.29 is 0 Å². The van der Waals surface area contributed by atoms with E-state index in [0.717, 1.165) is 33.6 Å². The van der Waals surface area contributed by atoms with E-state index >= 15 is 0 Å². The van der Waals surface area contributed by atoms with Gasteiger partial charge >= 0.3 is 0 Å². The fourth-order valence-electron chi connectivity index (χ4n) is 3.31. The highest BCUT2D eigenvalue weighted by Crippen LogP contribution is 2.29. The lowest BCUT2D eigenvalue weighted by molar-refractivity contribution is 0.852. The van der Waals surface area contributed by atoms with E-state index in [0.29, 0.717) is 5.56 Å².